The van der Waals surface area contributed by atoms with Crippen LogP contribution in [-0.2, 0) is 17.8 Å². The maximum atomic E-state index is 13.9. The number of aromatic nitrogens is 2. The van der Waals surface area contributed by atoms with Gasteiger partial charge in [-0.3, -0.25) is 4.68 Å². The lowest BCUT2D eigenvalue weighted by Crippen LogP contribution is -2.41. The highest BCUT2D eigenvalue weighted by molar-refractivity contribution is 9.10. The standard InChI is InChI=1S/C18H22BrFN4O3/c1-18(2,3)27-17(25)23-7-8-24-13(10-23)15(19)16(22-24)21-11-5-6-14(26-4)12(20)9-11/h5-6,9H,7-8,10H2,1-4H3,(H,21,22). The van der Waals surface area contributed by atoms with Crippen LogP contribution in [0.3, 0.4) is 0 Å². The van der Waals surface area contributed by atoms with Gasteiger partial charge in [-0.1, -0.05) is 0 Å². The number of anilines is 2. The van der Waals surface area contributed by atoms with E-state index in [4.69, 9.17) is 9.47 Å². The summed E-state index contributed by atoms with van der Waals surface area (Å²) in [5.41, 5.74) is 0.856. The lowest BCUT2D eigenvalue weighted by atomic mass is 10.2. The molecule has 27 heavy (non-hydrogen) atoms. The van der Waals surface area contributed by atoms with E-state index in [9.17, 15) is 9.18 Å². The monoisotopic (exact) mass is 440 g/mol. The summed E-state index contributed by atoms with van der Waals surface area (Å²) in [7, 11) is 1.42. The molecule has 7 nitrogen and oxygen atoms in total. The van der Waals surface area contributed by atoms with Gasteiger partial charge in [-0.2, -0.15) is 5.10 Å². The number of methoxy groups -OCH3 is 1. The summed E-state index contributed by atoms with van der Waals surface area (Å²) >= 11 is 3.54. The highest BCUT2D eigenvalue weighted by Crippen LogP contribution is 2.32. The summed E-state index contributed by atoms with van der Waals surface area (Å²) in [6.45, 7) is 6.95. The van der Waals surface area contributed by atoms with Gasteiger partial charge >= 0.3 is 6.09 Å². The Bertz CT molecular complexity index is 863. The van der Waals surface area contributed by atoms with E-state index in [0.717, 1.165) is 10.2 Å². The van der Waals surface area contributed by atoms with Crippen molar-refractivity contribution in [3.63, 3.8) is 0 Å². The zero-order valence-corrected chi connectivity index (χ0v) is 17.3. The number of nitrogens with one attached hydrogen (secondary N) is 1. The molecular weight excluding hydrogens is 419 g/mol. The fourth-order valence-corrected chi connectivity index (χ4v) is 3.24. The van der Waals surface area contributed by atoms with E-state index in [2.05, 4.69) is 26.3 Å². The molecule has 0 unspecified atom stereocenters. The molecular formula is C18H22BrFN4O3. The number of carbonyl (C=O) groups excluding carboxylic acids is 1. The molecule has 1 aromatic carbocycles. The van der Waals surface area contributed by atoms with E-state index in [1.165, 1.54) is 13.2 Å². The fraction of sp³-hybridized carbons (Fsp3) is 0.444. The van der Waals surface area contributed by atoms with Gasteiger partial charge in [-0.25, -0.2) is 9.18 Å². The minimum Gasteiger partial charge on any atom is -0.494 e. The Morgan fingerprint density at radius 2 is 2.07 bits per heavy atom. The molecule has 0 radical (unpaired) electrons. The molecule has 1 aliphatic rings. The molecule has 0 fully saturated rings. The second-order valence-corrected chi connectivity index (χ2v) is 8.00. The van der Waals surface area contributed by atoms with Crippen LogP contribution >= 0.6 is 15.9 Å². The van der Waals surface area contributed by atoms with Crippen molar-refractivity contribution in [2.24, 2.45) is 0 Å². The van der Waals surface area contributed by atoms with Crippen molar-refractivity contribution in [3.05, 3.63) is 34.2 Å². The van der Waals surface area contributed by atoms with Crippen molar-refractivity contribution in [2.45, 2.75) is 39.5 Å². The third-order valence-electron chi connectivity index (χ3n) is 3.98. The number of rotatable bonds is 3. The predicted octanol–water partition coefficient (Wildman–Crippen LogP) is 4.29. The highest BCUT2D eigenvalue weighted by atomic mass is 79.9. The zero-order valence-electron chi connectivity index (χ0n) is 15.7. The maximum Gasteiger partial charge on any atom is 0.410 e. The van der Waals surface area contributed by atoms with Crippen molar-refractivity contribution < 1.29 is 18.7 Å². The number of ether oxygens (including phenoxy) is 2. The Morgan fingerprint density at radius 3 is 2.70 bits per heavy atom. The van der Waals surface area contributed by atoms with Gasteiger partial charge in [-0.15, -0.1) is 0 Å². The van der Waals surface area contributed by atoms with Crippen LogP contribution in [0, 0.1) is 5.82 Å². The number of hydrogen-bond acceptors (Lipinski definition) is 5. The number of nitrogens with zero attached hydrogens (tertiary/aromatic N) is 3. The SMILES string of the molecule is COc1ccc(Nc2nn3c(c2Br)CN(C(=O)OC(C)(C)C)CC3)cc1F. The van der Waals surface area contributed by atoms with Crippen LogP contribution in [0.1, 0.15) is 26.5 Å². The van der Waals surface area contributed by atoms with E-state index in [1.807, 2.05) is 25.5 Å². The van der Waals surface area contributed by atoms with Crippen molar-refractivity contribution >= 4 is 33.5 Å². The fourth-order valence-electron chi connectivity index (χ4n) is 2.73. The van der Waals surface area contributed by atoms with Crippen LogP contribution in [-0.4, -0.2) is 40.0 Å². The molecule has 1 aromatic heterocycles. The van der Waals surface area contributed by atoms with Crippen LogP contribution in [0.15, 0.2) is 22.7 Å². The minimum atomic E-state index is -0.544. The maximum absolute atomic E-state index is 13.9. The first-order valence-corrected chi connectivity index (χ1v) is 9.31. The number of halogens is 2. The quantitative estimate of drug-likeness (QED) is 0.770. The second kappa shape index (κ2) is 7.38. The summed E-state index contributed by atoms with van der Waals surface area (Å²) in [5, 5.41) is 7.61. The first-order chi connectivity index (χ1) is 12.7. The molecule has 3 rings (SSSR count). The Labute approximate surface area is 165 Å². The third-order valence-corrected chi connectivity index (χ3v) is 4.82. The topological polar surface area (TPSA) is 68.6 Å². The van der Waals surface area contributed by atoms with Gasteiger partial charge in [0.25, 0.3) is 0 Å². The molecule has 0 aliphatic carbocycles. The summed E-state index contributed by atoms with van der Waals surface area (Å²) in [4.78, 5) is 14.0. The van der Waals surface area contributed by atoms with Gasteiger partial charge in [0.05, 0.1) is 30.4 Å². The van der Waals surface area contributed by atoms with Crippen LogP contribution in [0.4, 0.5) is 20.7 Å². The number of carbonyl (C=O) groups is 1. The first kappa shape index (κ1) is 19.5. The highest BCUT2D eigenvalue weighted by Gasteiger charge is 2.29. The Morgan fingerprint density at radius 1 is 1.33 bits per heavy atom. The lowest BCUT2D eigenvalue weighted by Gasteiger charge is -2.30. The summed E-state index contributed by atoms with van der Waals surface area (Å²) in [5.74, 6) is 0.274. The van der Waals surface area contributed by atoms with Gasteiger partial charge in [0.2, 0.25) is 0 Å². The molecule has 9 heteroatoms. The van der Waals surface area contributed by atoms with Crippen LogP contribution in [0.5, 0.6) is 5.75 Å². The number of benzene rings is 1. The van der Waals surface area contributed by atoms with E-state index in [1.54, 1.807) is 17.0 Å². The normalized spacial score (nSPS) is 13.9. The Balaban J connectivity index is 1.77. The number of amides is 1. The van der Waals surface area contributed by atoms with E-state index in [-0.39, 0.29) is 11.8 Å². The molecule has 0 bridgehead atoms. The van der Waals surface area contributed by atoms with Gasteiger partial charge in [0.15, 0.2) is 17.4 Å². The van der Waals surface area contributed by atoms with E-state index >= 15 is 0 Å². The molecule has 1 aliphatic heterocycles. The third kappa shape index (κ3) is 4.35. The van der Waals surface area contributed by atoms with Crippen molar-refractivity contribution in [2.75, 3.05) is 19.0 Å². The zero-order chi connectivity index (χ0) is 19.8. The molecule has 1 N–H and O–H groups in total. The molecule has 0 atom stereocenters. The van der Waals surface area contributed by atoms with Crippen molar-refractivity contribution in [1.82, 2.24) is 14.7 Å². The van der Waals surface area contributed by atoms with Gasteiger partial charge in [0, 0.05) is 18.3 Å². The second-order valence-electron chi connectivity index (χ2n) is 7.21. The van der Waals surface area contributed by atoms with Gasteiger partial charge in [0.1, 0.15) is 5.60 Å². The lowest BCUT2D eigenvalue weighted by molar-refractivity contribution is 0.0194. The average molecular weight is 441 g/mol. The smallest absolute Gasteiger partial charge is 0.410 e. The summed E-state index contributed by atoms with van der Waals surface area (Å²) in [6.07, 6.45) is -0.353. The molecule has 2 aromatic rings. The van der Waals surface area contributed by atoms with Crippen molar-refractivity contribution in [3.8, 4) is 5.75 Å². The minimum absolute atomic E-state index is 0.178. The van der Waals surface area contributed by atoms with Gasteiger partial charge < -0.3 is 19.7 Å². The molecule has 1 amide bonds. The molecule has 0 saturated carbocycles. The Hall–Kier alpha value is -2.29. The van der Waals surface area contributed by atoms with Gasteiger partial charge in [-0.05, 0) is 48.8 Å². The molecule has 2 heterocycles. The summed E-state index contributed by atoms with van der Waals surface area (Å²) in [6, 6.07) is 4.60. The largest absolute Gasteiger partial charge is 0.494 e. The first-order valence-electron chi connectivity index (χ1n) is 8.51. The van der Waals surface area contributed by atoms with Crippen LogP contribution in [0.2, 0.25) is 0 Å². The van der Waals surface area contributed by atoms with Crippen LogP contribution in [0.25, 0.3) is 0 Å². The predicted molar refractivity (Wildman–Crippen MR) is 103 cm³/mol. The molecule has 0 spiro atoms. The summed E-state index contributed by atoms with van der Waals surface area (Å²) < 4.78 is 26.8. The van der Waals surface area contributed by atoms with E-state index < -0.39 is 11.4 Å². The van der Waals surface area contributed by atoms with Crippen molar-refractivity contribution in [1.29, 1.82) is 0 Å². The number of fused-ring (bicyclic) bond motifs is 1. The Kier molecular flexibility index (Phi) is 5.32. The molecule has 0 saturated heterocycles. The average Bonchev–Trinajstić information content (AvgIpc) is 2.89. The van der Waals surface area contributed by atoms with Crippen LogP contribution < -0.4 is 10.1 Å². The number of hydrogen-bond donors (Lipinski definition) is 1. The van der Waals surface area contributed by atoms with E-state index in [0.29, 0.717) is 31.1 Å². The molecule has 146 valence electrons.